The molecule has 1 aliphatic heterocycles. The van der Waals surface area contributed by atoms with Gasteiger partial charge in [-0.25, -0.2) is 0 Å². The van der Waals surface area contributed by atoms with E-state index >= 15 is 0 Å². The van der Waals surface area contributed by atoms with Gasteiger partial charge in [0.15, 0.2) is 0 Å². The molecule has 0 aromatic carbocycles. The number of nitrogens with zero attached hydrogens (tertiary/aromatic N) is 1. The van der Waals surface area contributed by atoms with E-state index in [4.69, 9.17) is 11.6 Å². The highest BCUT2D eigenvalue weighted by Crippen LogP contribution is 2.47. The van der Waals surface area contributed by atoms with Gasteiger partial charge in [-0.1, -0.05) is 19.3 Å². The number of likely N-dealkylation sites (tertiary alicyclic amines) is 1. The van der Waals surface area contributed by atoms with Crippen molar-refractivity contribution in [2.45, 2.75) is 32.1 Å². The Labute approximate surface area is 102 Å². The number of hydrogen-bond acceptors (Lipinski definition) is 2. The van der Waals surface area contributed by atoms with Gasteiger partial charge >= 0.3 is 0 Å². The number of aliphatic hydroxyl groups excluding tert-OH is 1. The molecule has 2 fully saturated rings. The minimum Gasteiger partial charge on any atom is -0.396 e. The summed E-state index contributed by atoms with van der Waals surface area (Å²) in [6.45, 7) is 1.71. The maximum Gasteiger partial charge on any atom is 0.237 e. The van der Waals surface area contributed by atoms with E-state index in [1.807, 2.05) is 4.90 Å². The van der Waals surface area contributed by atoms with Crippen LogP contribution in [0.4, 0.5) is 0 Å². The molecule has 0 aromatic rings. The van der Waals surface area contributed by atoms with E-state index in [0.717, 1.165) is 19.4 Å². The fraction of sp³-hybridized carbons (Fsp3) is 0.917. The van der Waals surface area contributed by atoms with E-state index in [1.165, 1.54) is 19.3 Å². The third kappa shape index (κ3) is 2.07. The molecule has 1 atom stereocenters. The van der Waals surface area contributed by atoms with Crippen molar-refractivity contribution in [1.29, 1.82) is 0 Å². The van der Waals surface area contributed by atoms with E-state index in [1.54, 1.807) is 0 Å². The summed E-state index contributed by atoms with van der Waals surface area (Å²) in [4.78, 5) is 13.5. The smallest absolute Gasteiger partial charge is 0.237 e. The minimum absolute atomic E-state index is 0.0163. The zero-order valence-corrected chi connectivity index (χ0v) is 10.4. The summed E-state index contributed by atoms with van der Waals surface area (Å²) in [5, 5.41) is 9.48. The van der Waals surface area contributed by atoms with Crippen LogP contribution in [0.3, 0.4) is 0 Å². The Balaban J connectivity index is 2.09. The van der Waals surface area contributed by atoms with Gasteiger partial charge in [-0.3, -0.25) is 4.79 Å². The SMILES string of the molecule is O=C(CCl)N1C[C@@H](CO)C2(CCCCC2)C1. The number of carbonyl (C=O) groups is 1. The molecule has 1 saturated heterocycles. The molecule has 0 radical (unpaired) electrons. The largest absolute Gasteiger partial charge is 0.396 e. The second kappa shape index (κ2) is 4.92. The van der Waals surface area contributed by atoms with Crippen molar-refractivity contribution in [3.8, 4) is 0 Å². The Kier molecular flexibility index (Phi) is 3.75. The summed E-state index contributed by atoms with van der Waals surface area (Å²) in [5.74, 6) is 0.344. The van der Waals surface area contributed by atoms with Crippen LogP contribution >= 0.6 is 11.6 Å². The summed E-state index contributed by atoms with van der Waals surface area (Å²) < 4.78 is 0. The quantitative estimate of drug-likeness (QED) is 0.752. The maximum absolute atomic E-state index is 11.6. The summed E-state index contributed by atoms with van der Waals surface area (Å²) >= 11 is 5.60. The van der Waals surface area contributed by atoms with Crippen molar-refractivity contribution < 1.29 is 9.90 Å². The zero-order chi connectivity index (χ0) is 11.6. The number of amides is 1. The van der Waals surface area contributed by atoms with Crippen molar-refractivity contribution in [2.75, 3.05) is 25.6 Å². The lowest BCUT2D eigenvalue weighted by molar-refractivity contribution is -0.128. The molecule has 16 heavy (non-hydrogen) atoms. The summed E-state index contributed by atoms with van der Waals surface area (Å²) in [6.07, 6.45) is 6.08. The van der Waals surface area contributed by atoms with Crippen molar-refractivity contribution in [3.05, 3.63) is 0 Å². The Morgan fingerprint density at radius 1 is 1.38 bits per heavy atom. The number of aliphatic hydroxyl groups is 1. The fourth-order valence-corrected chi connectivity index (χ4v) is 3.55. The van der Waals surface area contributed by atoms with Gasteiger partial charge in [0.2, 0.25) is 5.91 Å². The number of hydrogen-bond donors (Lipinski definition) is 1. The highest BCUT2D eigenvalue weighted by molar-refractivity contribution is 6.27. The lowest BCUT2D eigenvalue weighted by atomic mass is 9.68. The van der Waals surface area contributed by atoms with Gasteiger partial charge in [-0.15, -0.1) is 11.6 Å². The molecular weight excluding hydrogens is 226 g/mol. The normalized spacial score (nSPS) is 28.6. The van der Waals surface area contributed by atoms with Crippen molar-refractivity contribution in [3.63, 3.8) is 0 Å². The second-order valence-corrected chi connectivity index (χ2v) is 5.48. The number of carbonyl (C=O) groups excluding carboxylic acids is 1. The summed E-state index contributed by atoms with van der Waals surface area (Å²) in [6, 6.07) is 0. The molecule has 1 spiro atoms. The second-order valence-electron chi connectivity index (χ2n) is 5.21. The van der Waals surface area contributed by atoms with Gasteiger partial charge < -0.3 is 10.0 Å². The molecule has 2 rings (SSSR count). The van der Waals surface area contributed by atoms with Gasteiger partial charge in [-0.05, 0) is 18.3 Å². The number of halogens is 1. The van der Waals surface area contributed by atoms with Gasteiger partial charge in [-0.2, -0.15) is 0 Å². The van der Waals surface area contributed by atoms with Crippen molar-refractivity contribution >= 4 is 17.5 Å². The minimum atomic E-state index is 0.0163. The highest BCUT2D eigenvalue weighted by atomic mass is 35.5. The van der Waals surface area contributed by atoms with Crippen LogP contribution in [0.15, 0.2) is 0 Å². The monoisotopic (exact) mass is 245 g/mol. The van der Waals surface area contributed by atoms with E-state index in [9.17, 15) is 9.90 Å². The molecular formula is C12H20ClNO2. The van der Waals surface area contributed by atoms with Crippen LogP contribution < -0.4 is 0 Å². The third-order valence-electron chi connectivity index (χ3n) is 4.35. The lowest BCUT2D eigenvalue weighted by Crippen LogP contribution is -2.35. The molecule has 2 aliphatic rings. The number of alkyl halides is 1. The molecule has 3 nitrogen and oxygen atoms in total. The Morgan fingerprint density at radius 2 is 2.06 bits per heavy atom. The molecule has 1 heterocycles. The fourth-order valence-electron chi connectivity index (χ4n) is 3.38. The van der Waals surface area contributed by atoms with Crippen LogP contribution in [-0.2, 0) is 4.79 Å². The number of rotatable bonds is 2. The van der Waals surface area contributed by atoms with Crippen molar-refractivity contribution in [1.82, 2.24) is 4.90 Å². The molecule has 1 N–H and O–H groups in total. The van der Waals surface area contributed by atoms with Gasteiger partial charge in [0.05, 0.1) is 0 Å². The van der Waals surface area contributed by atoms with Crippen LogP contribution in [0, 0.1) is 11.3 Å². The third-order valence-corrected chi connectivity index (χ3v) is 4.58. The zero-order valence-electron chi connectivity index (χ0n) is 9.62. The molecule has 0 bridgehead atoms. The van der Waals surface area contributed by atoms with E-state index in [0.29, 0.717) is 6.54 Å². The molecule has 92 valence electrons. The summed E-state index contributed by atoms with van der Waals surface area (Å²) in [5.41, 5.74) is 0.189. The van der Waals surface area contributed by atoms with E-state index in [2.05, 4.69) is 0 Å². The van der Waals surface area contributed by atoms with Gasteiger partial charge in [0, 0.05) is 25.6 Å². The topological polar surface area (TPSA) is 40.5 Å². The molecule has 4 heteroatoms. The Bertz CT molecular complexity index is 264. The average molecular weight is 246 g/mol. The van der Waals surface area contributed by atoms with Crippen molar-refractivity contribution in [2.24, 2.45) is 11.3 Å². The Hall–Kier alpha value is -0.280. The standard InChI is InChI=1S/C12H20ClNO2/c13-6-11(16)14-7-10(8-15)12(9-14)4-2-1-3-5-12/h10,15H,1-9H2/t10-/m0/s1. The van der Waals surface area contributed by atoms with Crippen LogP contribution in [0.5, 0.6) is 0 Å². The maximum atomic E-state index is 11.6. The van der Waals surface area contributed by atoms with Crippen LogP contribution in [0.1, 0.15) is 32.1 Å². The first-order valence-corrected chi connectivity index (χ1v) is 6.70. The molecule has 0 aromatic heterocycles. The lowest BCUT2D eigenvalue weighted by Gasteiger charge is -2.37. The predicted octanol–water partition coefficient (Wildman–Crippen LogP) is 1.63. The molecule has 1 amide bonds. The first-order valence-electron chi connectivity index (χ1n) is 6.16. The van der Waals surface area contributed by atoms with Crippen LogP contribution in [-0.4, -0.2) is 41.5 Å². The van der Waals surface area contributed by atoms with Crippen LogP contribution in [0.25, 0.3) is 0 Å². The Morgan fingerprint density at radius 3 is 2.62 bits per heavy atom. The molecule has 1 saturated carbocycles. The van der Waals surface area contributed by atoms with Crippen LogP contribution in [0.2, 0.25) is 0 Å². The predicted molar refractivity (Wildman–Crippen MR) is 63.4 cm³/mol. The first-order chi connectivity index (χ1) is 7.72. The molecule has 0 unspecified atom stereocenters. The van der Waals surface area contributed by atoms with Gasteiger partial charge in [0.1, 0.15) is 5.88 Å². The average Bonchev–Trinajstić information content (AvgIpc) is 2.67. The van der Waals surface area contributed by atoms with E-state index < -0.39 is 0 Å². The molecule has 1 aliphatic carbocycles. The highest BCUT2D eigenvalue weighted by Gasteiger charge is 2.47. The summed E-state index contributed by atoms with van der Waals surface area (Å²) in [7, 11) is 0. The van der Waals surface area contributed by atoms with E-state index in [-0.39, 0.29) is 29.7 Å². The first kappa shape index (κ1) is 12.2. The van der Waals surface area contributed by atoms with Gasteiger partial charge in [0.25, 0.3) is 0 Å².